The first-order valence-corrected chi connectivity index (χ1v) is 5.83. The highest BCUT2D eigenvalue weighted by Crippen LogP contribution is 2.24. The second kappa shape index (κ2) is 3.66. The van der Waals surface area contributed by atoms with E-state index in [-0.39, 0.29) is 6.04 Å². The highest BCUT2D eigenvalue weighted by Gasteiger charge is 2.22. The number of rotatable bonds is 1. The van der Waals surface area contributed by atoms with Gasteiger partial charge in [0.05, 0.1) is 11.8 Å². The van der Waals surface area contributed by atoms with Gasteiger partial charge in [-0.15, -0.1) is 10.2 Å². The van der Waals surface area contributed by atoms with Crippen molar-refractivity contribution < 1.29 is 0 Å². The molecular weight excluding hydrogens is 216 g/mol. The largest absolute Gasteiger partial charge is 0.326 e. The third kappa shape index (κ3) is 1.56. The minimum Gasteiger partial charge on any atom is -0.326 e. The van der Waals surface area contributed by atoms with Crippen LogP contribution >= 0.6 is 0 Å². The Kier molecular flexibility index (Phi) is 2.25. The van der Waals surface area contributed by atoms with E-state index in [1.165, 1.54) is 0 Å². The molecule has 2 aromatic heterocycles. The molecule has 1 unspecified atom stereocenters. The summed E-state index contributed by atoms with van der Waals surface area (Å²) in [5.74, 6) is 1.92. The van der Waals surface area contributed by atoms with Crippen molar-refractivity contribution in [2.24, 2.45) is 12.8 Å². The molecule has 0 amide bonds. The zero-order valence-electron chi connectivity index (χ0n) is 10.1. The van der Waals surface area contributed by atoms with Crippen LogP contribution in [-0.2, 0) is 20.0 Å². The van der Waals surface area contributed by atoms with Gasteiger partial charge in [0.15, 0.2) is 5.82 Å². The predicted molar refractivity (Wildman–Crippen MR) is 63.3 cm³/mol. The van der Waals surface area contributed by atoms with Crippen LogP contribution in [0.5, 0.6) is 0 Å². The van der Waals surface area contributed by atoms with Gasteiger partial charge in [-0.1, -0.05) is 0 Å². The Morgan fingerprint density at radius 2 is 2.24 bits per heavy atom. The number of hydrogen-bond donors (Lipinski definition) is 1. The molecule has 2 N–H and O–H groups in total. The Labute approximate surface area is 99.4 Å². The highest BCUT2D eigenvalue weighted by atomic mass is 15.3. The van der Waals surface area contributed by atoms with Crippen LogP contribution in [0.1, 0.15) is 17.9 Å². The summed E-state index contributed by atoms with van der Waals surface area (Å²) in [7, 11) is 1.93. The third-order valence-corrected chi connectivity index (χ3v) is 3.46. The molecule has 1 atom stereocenters. The Hall–Kier alpha value is -1.69. The van der Waals surface area contributed by atoms with Gasteiger partial charge >= 0.3 is 0 Å². The maximum Gasteiger partial charge on any atom is 0.167 e. The standard InChI is InChI=1S/C11H16N6/c1-7-9(5-13-16(7)2)11-15-14-10-4-3-8(12)6-17(10)11/h5,8H,3-4,6,12H2,1-2H3. The fraction of sp³-hybridized carbons (Fsp3) is 0.545. The van der Waals surface area contributed by atoms with Gasteiger partial charge in [0, 0.05) is 31.7 Å². The number of fused-ring (bicyclic) bond motifs is 1. The Bertz CT molecular complexity index is 552. The van der Waals surface area contributed by atoms with Gasteiger partial charge in [0.2, 0.25) is 0 Å². The summed E-state index contributed by atoms with van der Waals surface area (Å²) in [5.41, 5.74) is 8.14. The lowest BCUT2D eigenvalue weighted by atomic mass is 10.1. The predicted octanol–water partition coefficient (Wildman–Crippen LogP) is 0.261. The molecule has 1 aliphatic rings. The average molecular weight is 232 g/mol. The number of hydrogen-bond acceptors (Lipinski definition) is 4. The molecule has 3 rings (SSSR count). The van der Waals surface area contributed by atoms with Gasteiger partial charge in [-0.05, 0) is 13.3 Å². The number of aryl methyl sites for hydroxylation is 2. The van der Waals surface area contributed by atoms with Crippen LogP contribution < -0.4 is 5.73 Å². The summed E-state index contributed by atoms with van der Waals surface area (Å²) in [6.45, 7) is 2.83. The van der Waals surface area contributed by atoms with Crippen LogP contribution in [-0.4, -0.2) is 30.6 Å². The van der Waals surface area contributed by atoms with Crippen molar-refractivity contribution >= 4 is 0 Å². The van der Waals surface area contributed by atoms with E-state index in [1.807, 2.05) is 24.9 Å². The summed E-state index contributed by atoms with van der Waals surface area (Å²) >= 11 is 0. The molecule has 0 saturated carbocycles. The van der Waals surface area contributed by atoms with E-state index in [4.69, 9.17) is 5.73 Å². The van der Waals surface area contributed by atoms with Gasteiger partial charge in [-0.2, -0.15) is 5.10 Å². The Morgan fingerprint density at radius 1 is 1.41 bits per heavy atom. The highest BCUT2D eigenvalue weighted by molar-refractivity contribution is 5.57. The van der Waals surface area contributed by atoms with Crippen LogP contribution in [0, 0.1) is 6.92 Å². The van der Waals surface area contributed by atoms with Crippen molar-refractivity contribution in [3.05, 3.63) is 17.7 Å². The lowest BCUT2D eigenvalue weighted by Gasteiger charge is -2.20. The van der Waals surface area contributed by atoms with Crippen molar-refractivity contribution in [1.29, 1.82) is 0 Å². The number of aromatic nitrogens is 5. The van der Waals surface area contributed by atoms with Crippen LogP contribution in [0.3, 0.4) is 0 Å². The van der Waals surface area contributed by atoms with Crippen molar-refractivity contribution in [1.82, 2.24) is 24.5 Å². The molecule has 0 spiro atoms. The minimum absolute atomic E-state index is 0.203. The number of nitrogens with two attached hydrogens (primary N) is 1. The second-order valence-corrected chi connectivity index (χ2v) is 4.62. The van der Waals surface area contributed by atoms with Crippen LogP contribution in [0.4, 0.5) is 0 Å². The summed E-state index contributed by atoms with van der Waals surface area (Å²) in [6.07, 6.45) is 3.74. The van der Waals surface area contributed by atoms with Gasteiger partial charge < -0.3 is 10.3 Å². The van der Waals surface area contributed by atoms with Gasteiger partial charge in [-0.3, -0.25) is 4.68 Å². The first-order chi connectivity index (χ1) is 8.16. The van der Waals surface area contributed by atoms with Crippen molar-refractivity contribution in [3.63, 3.8) is 0 Å². The molecule has 6 heteroatoms. The molecule has 0 fully saturated rings. The lowest BCUT2D eigenvalue weighted by Crippen LogP contribution is -2.32. The van der Waals surface area contributed by atoms with Gasteiger partial charge in [0.1, 0.15) is 5.82 Å². The summed E-state index contributed by atoms with van der Waals surface area (Å²) in [4.78, 5) is 0. The minimum atomic E-state index is 0.203. The van der Waals surface area contributed by atoms with Crippen LogP contribution in [0.2, 0.25) is 0 Å². The first kappa shape index (κ1) is 10.5. The van der Waals surface area contributed by atoms with E-state index >= 15 is 0 Å². The molecule has 3 heterocycles. The SMILES string of the molecule is Cc1c(-c2nnc3n2CC(N)CC3)cnn1C. The molecule has 17 heavy (non-hydrogen) atoms. The van der Waals surface area contributed by atoms with E-state index in [1.54, 1.807) is 0 Å². The fourth-order valence-corrected chi connectivity index (χ4v) is 2.27. The molecule has 0 bridgehead atoms. The van der Waals surface area contributed by atoms with Gasteiger partial charge in [-0.25, -0.2) is 0 Å². The first-order valence-electron chi connectivity index (χ1n) is 5.83. The van der Waals surface area contributed by atoms with Crippen LogP contribution in [0.15, 0.2) is 6.20 Å². The normalized spacial score (nSPS) is 19.4. The van der Waals surface area contributed by atoms with Crippen molar-refractivity contribution in [2.45, 2.75) is 32.4 Å². The summed E-state index contributed by atoms with van der Waals surface area (Å²) in [5, 5.41) is 12.8. The van der Waals surface area contributed by atoms with E-state index in [0.717, 1.165) is 42.3 Å². The number of nitrogens with zero attached hydrogens (tertiary/aromatic N) is 5. The van der Waals surface area contributed by atoms with Crippen molar-refractivity contribution in [2.75, 3.05) is 0 Å². The average Bonchev–Trinajstić information content (AvgIpc) is 2.84. The molecule has 0 aromatic carbocycles. The Morgan fingerprint density at radius 3 is 2.94 bits per heavy atom. The molecule has 0 aliphatic carbocycles. The topological polar surface area (TPSA) is 74.6 Å². The van der Waals surface area contributed by atoms with Crippen molar-refractivity contribution in [3.8, 4) is 11.4 Å². The quantitative estimate of drug-likeness (QED) is 0.765. The molecule has 0 radical (unpaired) electrons. The summed E-state index contributed by atoms with van der Waals surface area (Å²) < 4.78 is 3.97. The Balaban J connectivity index is 2.10. The van der Waals surface area contributed by atoms with E-state index in [2.05, 4.69) is 19.9 Å². The van der Waals surface area contributed by atoms with Crippen LogP contribution in [0.25, 0.3) is 11.4 Å². The van der Waals surface area contributed by atoms with Gasteiger partial charge in [0.25, 0.3) is 0 Å². The maximum absolute atomic E-state index is 6.00. The molecule has 2 aromatic rings. The second-order valence-electron chi connectivity index (χ2n) is 4.62. The molecule has 90 valence electrons. The zero-order chi connectivity index (χ0) is 12.0. The summed E-state index contributed by atoms with van der Waals surface area (Å²) in [6, 6.07) is 0.203. The molecule has 1 aliphatic heterocycles. The monoisotopic (exact) mass is 232 g/mol. The zero-order valence-corrected chi connectivity index (χ0v) is 10.1. The molecule has 6 nitrogen and oxygen atoms in total. The van der Waals surface area contributed by atoms with E-state index < -0.39 is 0 Å². The molecular formula is C11H16N6. The molecule has 0 saturated heterocycles. The lowest BCUT2D eigenvalue weighted by molar-refractivity contribution is 0.456. The van der Waals surface area contributed by atoms with E-state index in [9.17, 15) is 0 Å². The smallest absolute Gasteiger partial charge is 0.167 e. The maximum atomic E-state index is 6.00. The van der Waals surface area contributed by atoms with E-state index in [0.29, 0.717) is 0 Å². The third-order valence-electron chi connectivity index (χ3n) is 3.46. The fourth-order valence-electron chi connectivity index (χ4n) is 2.27.